The van der Waals surface area contributed by atoms with Crippen LogP contribution in [0.3, 0.4) is 0 Å². The fraction of sp³-hybridized carbons (Fsp3) is 0. The highest BCUT2D eigenvalue weighted by atomic mass is 32.1. The predicted molar refractivity (Wildman–Crippen MR) is 211 cm³/mol. The molecule has 0 atom stereocenters. The van der Waals surface area contributed by atoms with E-state index in [1.165, 1.54) is 47.4 Å². The molecule has 0 saturated carbocycles. The van der Waals surface area contributed by atoms with Gasteiger partial charge in [-0.3, -0.25) is 0 Å². The molecule has 3 aromatic heterocycles. The molecule has 4 nitrogen and oxygen atoms in total. The highest BCUT2D eigenvalue weighted by molar-refractivity contribution is 7.26. The van der Waals surface area contributed by atoms with Crippen molar-refractivity contribution in [2.75, 3.05) is 0 Å². The topological polar surface area (TPSA) is 42.5 Å². The van der Waals surface area contributed by atoms with Crippen LogP contribution in [0.15, 0.2) is 176 Å². The lowest BCUT2D eigenvalue weighted by Gasteiger charge is -2.10. The first-order chi connectivity index (χ1) is 25.3. The Hall–Kier alpha value is -6.56. The molecule has 51 heavy (non-hydrogen) atoms. The first kappa shape index (κ1) is 29.4. The molecule has 0 bridgehead atoms. The Morgan fingerprint density at radius 1 is 0.392 bits per heavy atom. The van der Waals surface area contributed by atoms with Gasteiger partial charge in [0, 0.05) is 65.8 Å². The van der Waals surface area contributed by atoms with E-state index in [1.807, 2.05) is 35.6 Å². The summed E-state index contributed by atoms with van der Waals surface area (Å²) in [5, 5.41) is 6.14. The fourth-order valence-electron chi connectivity index (χ4n) is 7.11. The lowest BCUT2D eigenvalue weighted by Crippen LogP contribution is -2.31. The molecule has 7 aromatic carbocycles. The van der Waals surface area contributed by atoms with Gasteiger partial charge in [-0.05, 0) is 41.5 Å². The van der Waals surface area contributed by atoms with E-state index in [-0.39, 0.29) is 0 Å². The minimum atomic E-state index is 0.647. The van der Waals surface area contributed by atoms with Crippen LogP contribution in [0.25, 0.3) is 92.8 Å². The van der Waals surface area contributed by atoms with Crippen LogP contribution in [0.2, 0.25) is 0 Å². The summed E-state index contributed by atoms with van der Waals surface area (Å²) in [4.78, 5) is 15.2. The first-order valence-electron chi connectivity index (χ1n) is 17.0. The molecule has 238 valence electrons. The van der Waals surface area contributed by atoms with Crippen molar-refractivity contribution in [1.29, 1.82) is 0 Å². The van der Waals surface area contributed by atoms with E-state index in [4.69, 9.17) is 15.0 Å². The van der Waals surface area contributed by atoms with Crippen molar-refractivity contribution < 1.29 is 4.57 Å². The number of pyridine rings is 1. The smallest absolute Gasteiger partial charge is 0.208 e. The lowest BCUT2D eigenvalue weighted by atomic mass is 9.99. The molecule has 0 aliphatic carbocycles. The van der Waals surface area contributed by atoms with Crippen LogP contribution in [0.1, 0.15) is 0 Å². The van der Waals surface area contributed by atoms with Gasteiger partial charge in [0.1, 0.15) is 0 Å². The average molecular weight is 670 g/mol. The van der Waals surface area contributed by atoms with Crippen molar-refractivity contribution in [1.82, 2.24) is 15.0 Å². The average Bonchev–Trinajstić information content (AvgIpc) is 3.59. The van der Waals surface area contributed by atoms with E-state index in [1.54, 1.807) is 0 Å². The van der Waals surface area contributed by atoms with Crippen molar-refractivity contribution >= 4 is 53.2 Å². The second-order valence-electron chi connectivity index (χ2n) is 12.7. The monoisotopic (exact) mass is 669 g/mol. The molecule has 0 saturated heterocycles. The summed E-state index contributed by atoms with van der Waals surface area (Å²) >= 11 is 1.83. The standard InChI is InChI=1S/C46H29N4S/c1-4-12-30(13-5-1)31-20-22-33(23-21-31)45-47-44(32-14-6-2-7-15-32)48-46(49-45)34-24-26-40-38(28-34)43-41(51-40)27-25-39-42(43)37-19-11-10-16-35(37)29-50(39)36-17-8-3-9-18-36/h1-29H/q+1. The maximum Gasteiger partial charge on any atom is 0.219 e. The van der Waals surface area contributed by atoms with Gasteiger partial charge in [0.05, 0.1) is 5.39 Å². The minimum absolute atomic E-state index is 0.647. The third-order valence-electron chi connectivity index (χ3n) is 9.58. The van der Waals surface area contributed by atoms with Gasteiger partial charge < -0.3 is 0 Å². The molecule has 0 aliphatic rings. The molecule has 5 heteroatoms. The Balaban J connectivity index is 1.19. The molecular formula is C46H29N4S+. The SMILES string of the molecule is c1ccc(-c2ccc(-c3nc(-c4ccccc4)nc(-c4ccc5sc6ccc7c(c8ccccc8c[n+]7-c7ccccc7)c6c5c4)n3)cc2)cc1. The van der Waals surface area contributed by atoms with Crippen LogP contribution in [-0.2, 0) is 0 Å². The third kappa shape index (κ3) is 5.14. The van der Waals surface area contributed by atoms with Crippen molar-refractivity contribution in [3.05, 3.63) is 176 Å². The van der Waals surface area contributed by atoms with Crippen LogP contribution in [0, 0.1) is 0 Å². The zero-order valence-corrected chi connectivity index (χ0v) is 28.3. The zero-order valence-electron chi connectivity index (χ0n) is 27.4. The van der Waals surface area contributed by atoms with Gasteiger partial charge >= 0.3 is 0 Å². The van der Waals surface area contributed by atoms with E-state index in [2.05, 4.69) is 156 Å². The van der Waals surface area contributed by atoms with Crippen LogP contribution in [0.5, 0.6) is 0 Å². The summed E-state index contributed by atoms with van der Waals surface area (Å²) < 4.78 is 4.80. The second kappa shape index (κ2) is 12.1. The molecule has 0 fully saturated rings. The number of hydrogen-bond donors (Lipinski definition) is 0. The Labute approximate surface area is 298 Å². The van der Waals surface area contributed by atoms with Gasteiger partial charge in [-0.25, -0.2) is 15.0 Å². The van der Waals surface area contributed by atoms with Gasteiger partial charge in [-0.15, -0.1) is 11.3 Å². The summed E-state index contributed by atoms with van der Waals surface area (Å²) in [5.74, 6) is 1.95. The normalized spacial score (nSPS) is 11.5. The van der Waals surface area contributed by atoms with Crippen LogP contribution in [-0.4, -0.2) is 15.0 Å². The molecule has 10 rings (SSSR count). The molecule has 10 aromatic rings. The number of thiophene rings is 1. The van der Waals surface area contributed by atoms with E-state index in [0.29, 0.717) is 17.5 Å². The second-order valence-corrected chi connectivity index (χ2v) is 13.8. The molecular weight excluding hydrogens is 641 g/mol. The minimum Gasteiger partial charge on any atom is -0.208 e. The lowest BCUT2D eigenvalue weighted by molar-refractivity contribution is -0.565. The molecule has 0 amide bonds. The van der Waals surface area contributed by atoms with Gasteiger partial charge in [0.25, 0.3) is 0 Å². The quantitative estimate of drug-likeness (QED) is 0.135. The largest absolute Gasteiger partial charge is 0.219 e. The van der Waals surface area contributed by atoms with Crippen molar-refractivity contribution in [2.24, 2.45) is 0 Å². The number of nitrogens with zero attached hydrogens (tertiary/aromatic N) is 4. The number of hydrogen-bond acceptors (Lipinski definition) is 4. The number of para-hydroxylation sites is 1. The Morgan fingerprint density at radius 3 is 1.65 bits per heavy atom. The number of rotatable bonds is 5. The predicted octanol–water partition coefficient (Wildman–Crippen LogP) is 11.5. The van der Waals surface area contributed by atoms with E-state index in [0.717, 1.165) is 27.9 Å². The molecule has 0 spiro atoms. The van der Waals surface area contributed by atoms with Gasteiger partial charge in [0.15, 0.2) is 23.7 Å². The van der Waals surface area contributed by atoms with Gasteiger partial charge in [-0.1, -0.05) is 121 Å². The third-order valence-corrected chi connectivity index (χ3v) is 10.7. The molecule has 3 heterocycles. The molecule has 0 unspecified atom stereocenters. The van der Waals surface area contributed by atoms with Crippen LogP contribution < -0.4 is 4.57 Å². The summed E-state index contributed by atoms with van der Waals surface area (Å²) in [7, 11) is 0. The molecule has 0 N–H and O–H groups in total. The van der Waals surface area contributed by atoms with E-state index >= 15 is 0 Å². The van der Waals surface area contributed by atoms with E-state index < -0.39 is 0 Å². The summed E-state index contributed by atoms with van der Waals surface area (Å²) in [6, 6.07) is 59.5. The van der Waals surface area contributed by atoms with Gasteiger partial charge in [0.2, 0.25) is 11.2 Å². The van der Waals surface area contributed by atoms with E-state index in [9.17, 15) is 0 Å². The maximum absolute atomic E-state index is 5.12. The summed E-state index contributed by atoms with van der Waals surface area (Å²) in [5.41, 5.74) is 7.49. The van der Waals surface area contributed by atoms with Crippen molar-refractivity contribution in [3.8, 4) is 51.0 Å². The first-order valence-corrected chi connectivity index (χ1v) is 17.8. The maximum atomic E-state index is 5.12. The summed E-state index contributed by atoms with van der Waals surface area (Å²) in [6.45, 7) is 0. The number of benzene rings is 7. The fourth-order valence-corrected chi connectivity index (χ4v) is 8.21. The Bertz CT molecular complexity index is 2890. The van der Waals surface area contributed by atoms with Crippen molar-refractivity contribution in [3.63, 3.8) is 0 Å². The van der Waals surface area contributed by atoms with Crippen molar-refractivity contribution in [2.45, 2.75) is 0 Å². The number of fused-ring (bicyclic) bond motifs is 7. The Kier molecular flexibility index (Phi) is 6.96. The summed E-state index contributed by atoms with van der Waals surface area (Å²) in [6.07, 6.45) is 2.25. The van der Waals surface area contributed by atoms with Crippen LogP contribution in [0.4, 0.5) is 0 Å². The molecule has 0 aliphatic heterocycles. The Morgan fingerprint density at radius 2 is 0.922 bits per heavy atom. The zero-order chi connectivity index (χ0) is 33.7. The highest BCUT2D eigenvalue weighted by Crippen LogP contribution is 2.42. The van der Waals surface area contributed by atoms with Crippen LogP contribution >= 0.6 is 11.3 Å². The highest BCUT2D eigenvalue weighted by Gasteiger charge is 2.21. The number of aromatic nitrogens is 4. The molecule has 0 radical (unpaired) electrons. The van der Waals surface area contributed by atoms with Gasteiger partial charge in [-0.2, -0.15) is 4.57 Å².